The molecule has 37 heavy (non-hydrogen) atoms. The van der Waals surface area contributed by atoms with Crippen molar-refractivity contribution in [2.24, 2.45) is 0 Å². The minimum atomic E-state index is -4.03. The van der Waals surface area contributed by atoms with Crippen molar-refractivity contribution >= 4 is 33.7 Å². The SMILES string of the molecule is O=P(OCc1ccccc1)(OCc1ccccc1)OC1C=C(c2ccc[se]2)Nc2cc3c(cc21)OCO3. The molecule has 1 atom stereocenters. The van der Waals surface area contributed by atoms with Gasteiger partial charge < -0.3 is 0 Å². The molecule has 1 N–H and O–H groups in total. The number of ether oxygens (including phenoxy) is 2. The Morgan fingerprint density at radius 1 is 0.865 bits per heavy atom. The first-order valence-electron chi connectivity index (χ1n) is 11.8. The average Bonchev–Trinajstić information content (AvgIpc) is 3.63. The monoisotopic (exact) mass is 581 g/mol. The van der Waals surface area contributed by atoms with E-state index < -0.39 is 13.9 Å². The number of phosphoric acid groups is 1. The number of anilines is 1. The third-order valence-corrected chi connectivity index (χ3v) is 9.20. The van der Waals surface area contributed by atoms with Crippen LogP contribution in [0.3, 0.4) is 0 Å². The predicted molar refractivity (Wildman–Crippen MR) is 141 cm³/mol. The molecule has 6 rings (SSSR count). The normalized spacial score (nSPS) is 16.1. The molecular weight excluding hydrogens is 556 g/mol. The van der Waals surface area contributed by atoms with Crippen molar-refractivity contribution in [3.8, 4) is 11.5 Å². The fourth-order valence-electron chi connectivity index (χ4n) is 4.08. The second-order valence-electron chi connectivity index (χ2n) is 8.47. The molecule has 9 heteroatoms. The Bertz CT molecular complexity index is 1400. The summed E-state index contributed by atoms with van der Waals surface area (Å²) in [4.78, 5) is 2.15. The number of benzene rings is 3. The number of hydrogen-bond donors (Lipinski definition) is 1. The van der Waals surface area contributed by atoms with Gasteiger partial charge in [-0.05, 0) is 0 Å². The van der Waals surface area contributed by atoms with Crippen molar-refractivity contribution in [3.05, 3.63) is 117 Å². The van der Waals surface area contributed by atoms with E-state index in [1.54, 1.807) is 0 Å². The van der Waals surface area contributed by atoms with Gasteiger partial charge in [0.1, 0.15) is 0 Å². The third kappa shape index (κ3) is 5.60. The van der Waals surface area contributed by atoms with Crippen molar-refractivity contribution in [1.82, 2.24) is 0 Å². The van der Waals surface area contributed by atoms with Crippen LogP contribution >= 0.6 is 7.82 Å². The van der Waals surface area contributed by atoms with Crippen molar-refractivity contribution in [2.45, 2.75) is 19.3 Å². The van der Waals surface area contributed by atoms with E-state index in [9.17, 15) is 4.57 Å². The molecule has 2 aliphatic rings. The molecule has 0 saturated heterocycles. The Hall–Kier alpha value is -3.09. The predicted octanol–water partition coefficient (Wildman–Crippen LogP) is 6.54. The van der Waals surface area contributed by atoms with Crippen molar-refractivity contribution < 1.29 is 27.6 Å². The Morgan fingerprint density at radius 3 is 2.14 bits per heavy atom. The Morgan fingerprint density at radius 2 is 1.51 bits per heavy atom. The van der Waals surface area contributed by atoms with E-state index in [4.69, 9.17) is 23.0 Å². The molecule has 4 aromatic rings. The van der Waals surface area contributed by atoms with Crippen LogP contribution in [0.4, 0.5) is 5.69 Å². The van der Waals surface area contributed by atoms with Gasteiger partial charge >= 0.3 is 221 Å². The minimum absolute atomic E-state index is 0.0840. The zero-order valence-corrected chi connectivity index (χ0v) is 22.3. The van der Waals surface area contributed by atoms with Crippen LogP contribution in [0.2, 0.25) is 0 Å². The van der Waals surface area contributed by atoms with E-state index in [0.29, 0.717) is 11.5 Å². The fraction of sp³-hybridized carbons (Fsp3) is 0.143. The molecule has 0 amide bonds. The molecule has 7 nitrogen and oxygen atoms in total. The Labute approximate surface area is 221 Å². The van der Waals surface area contributed by atoms with Crippen LogP contribution in [0.25, 0.3) is 5.70 Å². The van der Waals surface area contributed by atoms with Gasteiger partial charge in [-0.2, -0.15) is 0 Å². The molecule has 0 aliphatic carbocycles. The van der Waals surface area contributed by atoms with Gasteiger partial charge in [-0.15, -0.1) is 0 Å². The summed E-state index contributed by atoms with van der Waals surface area (Å²) >= 11 is 0.189. The van der Waals surface area contributed by atoms with Gasteiger partial charge in [-0.1, -0.05) is 0 Å². The fourth-order valence-corrected chi connectivity index (χ4v) is 6.83. The maximum absolute atomic E-state index is 14.1. The summed E-state index contributed by atoms with van der Waals surface area (Å²) in [5.74, 6) is 1.27. The number of hydrogen-bond acceptors (Lipinski definition) is 7. The van der Waals surface area contributed by atoms with Crippen molar-refractivity contribution in [1.29, 1.82) is 0 Å². The molecule has 0 spiro atoms. The van der Waals surface area contributed by atoms with Crippen LogP contribution in [0, 0.1) is 0 Å². The molecule has 1 aromatic heterocycles. The number of phosphoric ester groups is 1. The quantitative estimate of drug-likeness (QED) is 0.178. The van der Waals surface area contributed by atoms with Crippen LogP contribution in [-0.2, 0) is 31.4 Å². The van der Waals surface area contributed by atoms with Gasteiger partial charge in [0.15, 0.2) is 0 Å². The second kappa shape index (κ2) is 10.7. The Kier molecular flexibility index (Phi) is 7.03. The van der Waals surface area contributed by atoms with Gasteiger partial charge in [-0.25, -0.2) is 0 Å². The zero-order chi connectivity index (χ0) is 25.1. The van der Waals surface area contributed by atoms with Gasteiger partial charge in [0, 0.05) is 0 Å². The van der Waals surface area contributed by atoms with E-state index in [-0.39, 0.29) is 34.5 Å². The van der Waals surface area contributed by atoms with Gasteiger partial charge in [0.25, 0.3) is 0 Å². The molecule has 188 valence electrons. The zero-order valence-electron chi connectivity index (χ0n) is 19.7. The van der Waals surface area contributed by atoms with Gasteiger partial charge in [-0.3, -0.25) is 0 Å². The summed E-state index contributed by atoms with van der Waals surface area (Å²) < 4.78 is 44.5. The molecule has 1 unspecified atom stereocenters. The maximum atomic E-state index is 14.1. The summed E-state index contributed by atoms with van der Waals surface area (Å²) in [6.45, 7) is 0.322. The second-order valence-corrected chi connectivity index (χ2v) is 12.1. The van der Waals surface area contributed by atoms with Crippen LogP contribution < -0.4 is 14.8 Å². The van der Waals surface area contributed by atoms with E-state index in [0.717, 1.165) is 32.5 Å². The van der Waals surface area contributed by atoms with Crippen LogP contribution in [-0.4, -0.2) is 21.3 Å². The summed E-state index contributed by atoms with van der Waals surface area (Å²) in [6.07, 6.45) is 1.23. The third-order valence-electron chi connectivity index (χ3n) is 5.93. The van der Waals surface area contributed by atoms with Crippen LogP contribution in [0.1, 0.15) is 27.2 Å². The molecule has 0 saturated carbocycles. The van der Waals surface area contributed by atoms with Gasteiger partial charge in [0.05, 0.1) is 0 Å². The topological polar surface area (TPSA) is 75.3 Å². The Balaban J connectivity index is 1.33. The summed E-state index contributed by atoms with van der Waals surface area (Å²) in [6, 6.07) is 26.9. The van der Waals surface area contributed by atoms with E-state index in [2.05, 4.69) is 16.3 Å². The number of fused-ring (bicyclic) bond motifs is 2. The molecule has 0 bridgehead atoms. The average molecular weight is 580 g/mol. The van der Waals surface area contributed by atoms with Crippen LogP contribution in [0.15, 0.2) is 95.9 Å². The molecular formula is C28H24NO6PSe. The van der Waals surface area contributed by atoms with Gasteiger partial charge in [0.2, 0.25) is 0 Å². The van der Waals surface area contributed by atoms with E-state index in [1.807, 2.05) is 84.9 Å². The van der Waals surface area contributed by atoms with E-state index in [1.165, 1.54) is 0 Å². The molecule has 3 heterocycles. The first-order valence-corrected chi connectivity index (χ1v) is 15.1. The first-order chi connectivity index (χ1) is 18.2. The summed E-state index contributed by atoms with van der Waals surface area (Å²) in [7, 11) is -4.03. The number of nitrogens with one attached hydrogen (secondary N) is 1. The standard InChI is InChI=1S/C28H24NO6PSe/c30-36(33-17-20-8-3-1-4-9-20,34-18-21-10-5-2-6-11-21)35-25-16-24(28-12-7-13-37-28)29-23-15-27-26(14-22(23)25)31-19-32-27/h1-16,25,29H,17-19H2. The molecule has 0 fully saturated rings. The molecule has 0 radical (unpaired) electrons. The summed E-state index contributed by atoms with van der Waals surface area (Å²) in [5, 5.41) is 3.48. The van der Waals surface area contributed by atoms with E-state index >= 15 is 0 Å². The molecule has 3 aromatic carbocycles. The summed E-state index contributed by atoms with van der Waals surface area (Å²) in [5.41, 5.74) is 4.20. The van der Waals surface area contributed by atoms with Crippen molar-refractivity contribution in [3.63, 3.8) is 0 Å². The number of rotatable bonds is 9. The van der Waals surface area contributed by atoms with Crippen LogP contribution in [0.5, 0.6) is 11.5 Å². The molecule has 2 aliphatic heterocycles. The first kappa shape index (κ1) is 24.3. The van der Waals surface area contributed by atoms with Crippen molar-refractivity contribution in [2.75, 3.05) is 12.1 Å².